The minimum atomic E-state index is -0.515. The van der Waals surface area contributed by atoms with E-state index in [0.29, 0.717) is 0 Å². The first-order valence-corrected chi connectivity index (χ1v) is 3.18. The Hall–Kier alpha value is -0.440. The van der Waals surface area contributed by atoms with Gasteiger partial charge in [-0.2, -0.15) is 0 Å². The number of oxime groups is 1. The summed E-state index contributed by atoms with van der Waals surface area (Å²) in [7, 11) is 0. The standard InChI is InChI=1S/C6H9NOS/c1-5-3-6(2,9)8-7-4-5/h3-4,9H,1-2H3. The molecular weight excluding hydrogens is 134 g/mol. The van der Waals surface area contributed by atoms with E-state index < -0.39 is 4.93 Å². The van der Waals surface area contributed by atoms with Crippen LogP contribution >= 0.6 is 12.6 Å². The molecule has 1 unspecified atom stereocenters. The second kappa shape index (κ2) is 2.06. The molecule has 1 rings (SSSR count). The summed E-state index contributed by atoms with van der Waals surface area (Å²) in [5, 5.41) is 3.64. The molecular formula is C6H9NOS. The summed E-state index contributed by atoms with van der Waals surface area (Å²) in [4.78, 5) is 4.38. The molecule has 0 aromatic rings. The zero-order chi connectivity index (χ0) is 6.91. The van der Waals surface area contributed by atoms with Gasteiger partial charge < -0.3 is 4.84 Å². The average molecular weight is 143 g/mol. The Balaban J connectivity index is 2.78. The van der Waals surface area contributed by atoms with E-state index in [0.717, 1.165) is 5.57 Å². The third-order valence-electron chi connectivity index (χ3n) is 0.989. The normalized spacial score (nSPS) is 33.4. The van der Waals surface area contributed by atoms with E-state index in [1.54, 1.807) is 6.21 Å². The van der Waals surface area contributed by atoms with Crippen LogP contribution in [-0.4, -0.2) is 11.1 Å². The van der Waals surface area contributed by atoms with E-state index in [2.05, 4.69) is 17.8 Å². The van der Waals surface area contributed by atoms with Gasteiger partial charge in [0.2, 0.25) is 0 Å². The van der Waals surface area contributed by atoms with Crippen molar-refractivity contribution in [2.75, 3.05) is 0 Å². The lowest BCUT2D eigenvalue weighted by molar-refractivity contribution is 0.0787. The highest BCUT2D eigenvalue weighted by atomic mass is 32.1. The van der Waals surface area contributed by atoms with Gasteiger partial charge in [-0.15, -0.1) is 12.6 Å². The Labute approximate surface area is 60.0 Å². The molecule has 1 heterocycles. The quantitative estimate of drug-likeness (QED) is 0.511. The van der Waals surface area contributed by atoms with E-state index in [4.69, 9.17) is 4.84 Å². The van der Waals surface area contributed by atoms with Gasteiger partial charge in [0.1, 0.15) is 0 Å². The Morgan fingerprint density at radius 2 is 2.44 bits per heavy atom. The monoisotopic (exact) mass is 143 g/mol. The molecule has 1 aliphatic rings. The zero-order valence-corrected chi connectivity index (χ0v) is 6.35. The van der Waals surface area contributed by atoms with Crippen LogP contribution in [0.3, 0.4) is 0 Å². The first-order valence-electron chi connectivity index (χ1n) is 2.73. The molecule has 0 spiro atoms. The predicted molar refractivity (Wildman–Crippen MR) is 40.7 cm³/mol. The van der Waals surface area contributed by atoms with E-state index in [-0.39, 0.29) is 0 Å². The van der Waals surface area contributed by atoms with Crippen LogP contribution in [0.15, 0.2) is 16.8 Å². The van der Waals surface area contributed by atoms with Crippen LogP contribution < -0.4 is 0 Å². The molecule has 3 heteroatoms. The predicted octanol–water partition coefficient (Wildman–Crippen LogP) is 1.59. The lowest BCUT2D eigenvalue weighted by Crippen LogP contribution is -2.18. The molecule has 50 valence electrons. The SMILES string of the molecule is CC1=CC(C)(S)ON=C1. The number of hydrogen-bond donors (Lipinski definition) is 1. The largest absolute Gasteiger partial charge is 0.375 e. The van der Waals surface area contributed by atoms with Gasteiger partial charge in [0, 0.05) is 0 Å². The van der Waals surface area contributed by atoms with Crippen molar-refractivity contribution >= 4 is 18.8 Å². The molecule has 1 aliphatic heterocycles. The van der Waals surface area contributed by atoms with Crippen molar-refractivity contribution in [3.63, 3.8) is 0 Å². The highest BCUT2D eigenvalue weighted by Gasteiger charge is 2.19. The van der Waals surface area contributed by atoms with E-state index in [1.165, 1.54) is 0 Å². The summed E-state index contributed by atoms with van der Waals surface area (Å²) < 4.78 is 0. The third-order valence-corrected chi connectivity index (χ3v) is 1.20. The van der Waals surface area contributed by atoms with Gasteiger partial charge in [-0.25, -0.2) is 0 Å². The van der Waals surface area contributed by atoms with Crippen molar-refractivity contribution in [1.82, 2.24) is 0 Å². The minimum Gasteiger partial charge on any atom is -0.375 e. The molecule has 0 saturated carbocycles. The molecule has 0 N–H and O–H groups in total. The summed E-state index contributed by atoms with van der Waals surface area (Å²) in [6.07, 6.45) is 3.57. The Bertz CT molecular complexity index is 172. The highest BCUT2D eigenvalue weighted by molar-refractivity contribution is 7.81. The maximum absolute atomic E-state index is 4.89. The lowest BCUT2D eigenvalue weighted by Gasteiger charge is -2.19. The van der Waals surface area contributed by atoms with Crippen molar-refractivity contribution in [2.45, 2.75) is 18.8 Å². The van der Waals surface area contributed by atoms with Crippen LogP contribution in [0.5, 0.6) is 0 Å². The summed E-state index contributed by atoms with van der Waals surface area (Å²) in [5.74, 6) is 0. The minimum absolute atomic E-state index is 0.515. The molecule has 2 nitrogen and oxygen atoms in total. The van der Waals surface area contributed by atoms with Crippen molar-refractivity contribution in [1.29, 1.82) is 0 Å². The van der Waals surface area contributed by atoms with Crippen molar-refractivity contribution < 1.29 is 4.84 Å². The molecule has 0 radical (unpaired) electrons. The second-order valence-electron chi connectivity index (χ2n) is 2.27. The van der Waals surface area contributed by atoms with Gasteiger partial charge in [-0.1, -0.05) is 5.16 Å². The fourth-order valence-electron chi connectivity index (χ4n) is 0.702. The number of allylic oxidation sites excluding steroid dienone is 1. The molecule has 0 aromatic heterocycles. The summed E-state index contributed by atoms with van der Waals surface area (Å²) in [6, 6.07) is 0. The van der Waals surface area contributed by atoms with Crippen molar-refractivity contribution in [3.8, 4) is 0 Å². The van der Waals surface area contributed by atoms with Crippen LogP contribution in [0, 0.1) is 0 Å². The van der Waals surface area contributed by atoms with Gasteiger partial charge in [0.05, 0.1) is 6.21 Å². The molecule has 0 aliphatic carbocycles. The van der Waals surface area contributed by atoms with Crippen LogP contribution in [0.4, 0.5) is 0 Å². The molecule has 0 fully saturated rings. The van der Waals surface area contributed by atoms with Gasteiger partial charge in [-0.3, -0.25) is 0 Å². The van der Waals surface area contributed by atoms with Crippen LogP contribution in [-0.2, 0) is 4.84 Å². The molecule has 0 amide bonds. The molecule has 1 atom stereocenters. The topological polar surface area (TPSA) is 21.6 Å². The van der Waals surface area contributed by atoms with Crippen LogP contribution in [0.1, 0.15) is 13.8 Å². The van der Waals surface area contributed by atoms with Gasteiger partial charge in [-0.05, 0) is 25.5 Å². The fraction of sp³-hybridized carbons (Fsp3) is 0.500. The maximum Gasteiger partial charge on any atom is 0.196 e. The Morgan fingerprint density at radius 1 is 1.78 bits per heavy atom. The fourth-order valence-corrected chi connectivity index (χ4v) is 0.953. The summed E-state index contributed by atoms with van der Waals surface area (Å²) in [6.45, 7) is 3.80. The summed E-state index contributed by atoms with van der Waals surface area (Å²) >= 11 is 4.16. The van der Waals surface area contributed by atoms with Gasteiger partial charge in [0.25, 0.3) is 0 Å². The first-order chi connectivity index (χ1) is 4.10. The maximum atomic E-state index is 4.89. The van der Waals surface area contributed by atoms with E-state index >= 15 is 0 Å². The molecule has 0 saturated heterocycles. The Kier molecular flexibility index (Phi) is 1.53. The first kappa shape index (κ1) is 6.68. The zero-order valence-electron chi connectivity index (χ0n) is 5.46. The van der Waals surface area contributed by atoms with Crippen LogP contribution in [0.2, 0.25) is 0 Å². The number of nitrogens with zero attached hydrogens (tertiary/aromatic N) is 1. The molecule has 9 heavy (non-hydrogen) atoms. The van der Waals surface area contributed by atoms with Crippen molar-refractivity contribution in [2.24, 2.45) is 5.16 Å². The van der Waals surface area contributed by atoms with E-state index in [1.807, 2.05) is 19.9 Å². The molecule has 0 aromatic carbocycles. The van der Waals surface area contributed by atoms with Gasteiger partial charge in [0.15, 0.2) is 4.93 Å². The van der Waals surface area contributed by atoms with Crippen LogP contribution in [0.25, 0.3) is 0 Å². The summed E-state index contributed by atoms with van der Waals surface area (Å²) in [5.41, 5.74) is 1.08. The molecule has 0 bridgehead atoms. The average Bonchev–Trinajstić information content (AvgIpc) is 1.60. The highest BCUT2D eigenvalue weighted by Crippen LogP contribution is 2.21. The number of rotatable bonds is 0. The smallest absolute Gasteiger partial charge is 0.196 e. The number of hydrogen-bond acceptors (Lipinski definition) is 3. The number of thiol groups is 1. The third kappa shape index (κ3) is 1.75. The lowest BCUT2D eigenvalue weighted by atomic mass is 10.2. The Morgan fingerprint density at radius 3 is 2.78 bits per heavy atom. The van der Waals surface area contributed by atoms with E-state index in [9.17, 15) is 0 Å². The van der Waals surface area contributed by atoms with Gasteiger partial charge >= 0.3 is 0 Å². The van der Waals surface area contributed by atoms with Crippen molar-refractivity contribution in [3.05, 3.63) is 11.6 Å². The second-order valence-corrected chi connectivity index (χ2v) is 3.16.